The Morgan fingerprint density at radius 1 is 0.450 bits per heavy atom. The van der Waals surface area contributed by atoms with Crippen LogP contribution >= 0.6 is 0 Å². The summed E-state index contributed by atoms with van der Waals surface area (Å²) in [4.78, 5) is 48.0. The van der Waals surface area contributed by atoms with Gasteiger partial charge in [-0.15, -0.1) is 25.3 Å². The maximum Gasteiger partial charge on any atom is 1.00 e. The smallest absolute Gasteiger partial charge is 0.746 e. The summed E-state index contributed by atoms with van der Waals surface area (Å²) in [6, 6.07) is 29.3. The van der Waals surface area contributed by atoms with E-state index in [0.717, 1.165) is 12.1 Å². The number of amides is 3. The van der Waals surface area contributed by atoms with E-state index >= 15 is 0 Å². The largest absolute Gasteiger partial charge is 1.00 e. The van der Waals surface area contributed by atoms with Crippen LogP contribution in [0.4, 0.5) is 17.1 Å². The first-order chi connectivity index (χ1) is 34.3. The number of hydrogen-bond acceptors (Lipinski definition) is 22. The molecule has 0 unspecified atom stereocenters. The molecule has 0 saturated heterocycles. The standard InChI is InChI=1S/C43H29N3O16S4.6Na.2O3S/c47-36(21-24-5-7-26(8-6-24)42(49)45-34-17-19-37(64(54,55)56)32-4-2-1-3-31(32)34)25-9-11-27(12-10-25)41(48)44-29-15-13-28(14-16-29)43(50)46-35-18-20-38(65(57,58)59)33-22-30(63(51,52)53)23-39(40(33)35)66(60,61)62;;;;;;;2*1-4(2)3/h1,4-20,22-23H,21H2,(H,44,48)(H,45,49)(H,46,50)(H,51,52,53)(H,54,55,56)(H,57,58,59)(H,60,61,62);;;;;;;;/q-2;6*+1;;/p-4. The van der Waals surface area contributed by atoms with Gasteiger partial charge in [0, 0.05) is 50.8 Å². The Balaban J connectivity index is 0. The molecule has 0 bridgehead atoms. The van der Waals surface area contributed by atoms with E-state index in [-0.39, 0.29) is 240 Å². The summed E-state index contributed by atoms with van der Waals surface area (Å²) in [6.45, 7) is 0. The molecule has 0 radical (unpaired) electrons. The second kappa shape index (κ2) is 34.2. The Hall–Kier alpha value is -1.98. The van der Waals surface area contributed by atoms with E-state index in [2.05, 4.69) is 28.1 Å². The van der Waals surface area contributed by atoms with Gasteiger partial charge < -0.3 is 52.4 Å². The number of benzene rings is 7. The van der Waals surface area contributed by atoms with Crippen molar-refractivity contribution in [3.8, 4) is 0 Å². The molecule has 0 spiro atoms. The monoisotopic (exact) mass is 1260 g/mol. The Bertz CT molecular complexity index is 4130. The van der Waals surface area contributed by atoms with Crippen LogP contribution in [0.1, 0.15) is 47.0 Å². The first kappa shape index (κ1) is 80.1. The molecule has 7 aromatic rings. The zero-order valence-electron chi connectivity index (χ0n) is 42.2. The summed E-state index contributed by atoms with van der Waals surface area (Å²) < 4.78 is 193. The molecule has 7 aromatic carbocycles. The van der Waals surface area contributed by atoms with E-state index in [9.17, 15) is 71.1 Å². The molecule has 0 aliphatic heterocycles. The predicted octanol–water partition coefficient (Wildman–Crippen LogP) is -15.6. The fourth-order valence-corrected chi connectivity index (χ4v) is 9.35. The van der Waals surface area contributed by atoms with Gasteiger partial charge in [-0.1, -0.05) is 30.3 Å². The molecule has 80 heavy (non-hydrogen) atoms. The van der Waals surface area contributed by atoms with E-state index in [1.165, 1.54) is 78.9 Å². The third-order valence-corrected chi connectivity index (χ3v) is 13.3. The second-order valence-electron chi connectivity index (χ2n) is 14.5. The Morgan fingerprint density at radius 3 is 1.29 bits per heavy atom. The molecule has 37 heteroatoms. The van der Waals surface area contributed by atoms with Crippen molar-refractivity contribution in [1.82, 2.24) is 0 Å². The molecular weight excluding hydrogens is 1240 g/mol. The van der Waals surface area contributed by atoms with Crippen molar-refractivity contribution in [2.75, 3.05) is 16.0 Å². The molecular formula is C43H25N3Na6O22S6. The van der Waals surface area contributed by atoms with Crippen LogP contribution in [-0.2, 0) is 68.1 Å². The number of fused-ring (bicyclic) bond motifs is 2. The second-order valence-corrected chi connectivity index (χ2v) is 20.7. The van der Waals surface area contributed by atoms with Gasteiger partial charge in [-0.05, 0) is 89.3 Å². The maximum atomic E-state index is 13.2. The molecule has 0 fully saturated rings. The molecule has 0 heterocycles. The van der Waals surface area contributed by atoms with Crippen LogP contribution in [0.25, 0.3) is 21.5 Å². The van der Waals surface area contributed by atoms with Crippen molar-refractivity contribution in [3.05, 3.63) is 161 Å². The van der Waals surface area contributed by atoms with Gasteiger partial charge in [0.15, 0.2) is 5.78 Å². The molecule has 0 saturated carbocycles. The predicted molar refractivity (Wildman–Crippen MR) is 248 cm³/mol. The summed E-state index contributed by atoms with van der Waals surface area (Å²) in [5, 5.41) is 5.99. The first-order valence-corrected chi connectivity index (χ1v) is 27.1. The van der Waals surface area contributed by atoms with E-state index in [4.69, 9.17) is 25.3 Å². The van der Waals surface area contributed by atoms with Crippen LogP contribution in [0.3, 0.4) is 0 Å². The van der Waals surface area contributed by atoms with Gasteiger partial charge >= 0.3 is 199 Å². The van der Waals surface area contributed by atoms with Crippen LogP contribution in [0, 0.1) is 12.1 Å². The minimum atomic E-state index is -5.66. The van der Waals surface area contributed by atoms with Gasteiger partial charge in [-0.2, -0.15) is 0 Å². The number of nitrogens with one attached hydrogen (secondary N) is 3. The van der Waals surface area contributed by atoms with Crippen molar-refractivity contribution in [3.63, 3.8) is 0 Å². The van der Waals surface area contributed by atoms with Crippen molar-refractivity contribution in [2.24, 2.45) is 0 Å². The van der Waals surface area contributed by atoms with Crippen molar-refractivity contribution < 1.29 is 274 Å². The SMILES string of the molecule is O=C(Cc1ccc(C(=O)Nc2ccc(S(=O)(=O)[O-])c3c[c-]c[c-]c23)cc1)c1ccc(C(=O)Nc2ccc(C(=O)Nc3ccc(S(=O)(=O)[O-])c4cc(S(=O)(=O)[O-])cc(S(=O)(=O)[O-])c34)cc2)cc1.O=S(=O)=O.O=S(=O)=O.[Na+].[Na+].[Na+].[Na+].[Na+].[Na+]. The zero-order valence-corrected chi connectivity index (χ0v) is 59.1. The number of carbonyl (C=O) groups excluding carboxylic acids is 4. The Morgan fingerprint density at radius 2 is 0.838 bits per heavy atom. The van der Waals surface area contributed by atoms with Gasteiger partial charge in [-0.3, -0.25) is 25.2 Å². The number of rotatable bonds is 13. The van der Waals surface area contributed by atoms with Crippen molar-refractivity contribution in [2.45, 2.75) is 26.0 Å². The molecule has 0 aliphatic rings. The van der Waals surface area contributed by atoms with Crippen molar-refractivity contribution >= 4 is 124 Å². The summed E-state index contributed by atoms with van der Waals surface area (Å²) in [6.07, 6.45) is -0.0657. The molecule has 0 aromatic heterocycles. The summed E-state index contributed by atoms with van der Waals surface area (Å²) in [5.41, 5.74) is 0.910. The summed E-state index contributed by atoms with van der Waals surface area (Å²) in [5.74, 6) is -2.46. The fraction of sp³-hybridized carbons (Fsp3) is 0.0233. The molecule has 0 atom stereocenters. The maximum absolute atomic E-state index is 13.2. The zero-order chi connectivity index (χ0) is 55.1. The van der Waals surface area contributed by atoms with Gasteiger partial charge in [0.25, 0.3) is 17.7 Å². The molecule has 3 N–H and O–H groups in total. The van der Waals surface area contributed by atoms with Gasteiger partial charge in [0.2, 0.25) is 0 Å². The number of carbonyl (C=O) groups is 4. The quantitative estimate of drug-likeness (QED) is 0.0418. The average molecular weight is 1270 g/mol. The van der Waals surface area contributed by atoms with Crippen LogP contribution < -0.4 is 193 Å². The first-order valence-electron chi connectivity index (χ1n) is 19.4. The summed E-state index contributed by atoms with van der Waals surface area (Å²) in [7, 11) is -27.6. The minimum Gasteiger partial charge on any atom is -0.746 e. The minimum absolute atomic E-state index is 0. The third-order valence-electron chi connectivity index (χ3n) is 9.79. The van der Waals surface area contributed by atoms with E-state index in [1.54, 1.807) is 12.1 Å². The number of ketones is 1. The van der Waals surface area contributed by atoms with Gasteiger partial charge in [0.05, 0.1) is 20.4 Å². The third kappa shape index (κ3) is 22.8. The fourth-order valence-electron chi connectivity index (χ4n) is 6.68. The normalized spacial score (nSPS) is 10.6. The van der Waals surface area contributed by atoms with Gasteiger partial charge in [0.1, 0.15) is 40.5 Å². The molecule has 25 nitrogen and oxygen atoms in total. The molecule has 7 rings (SSSR count). The summed E-state index contributed by atoms with van der Waals surface area (Å²) >= 11 is 0. The van der Waals surface area contributed by atoms with E-state index < -0.39 is 115 Å². The number of anilines is 3. The molecule has 0 aliphatic carbocycles. The Labute approximate surface area is 591 Å². The van der Waals surface area contributed by atoms with E-state index in [1.807, 2.05) is 0 Å². The van der Waals surface area contributed by atoms with Crippen LogP contribution in [0.15, 0.2) is 141 Å². The van der Waals surface area contributed by atoms with Crippen LogP contribution in [0.5, 0.6) is 0 Å². The Kier molecular flexibility index (Phi) is 34.3. The van der Waals surface area contributed by atoms with Crippen LogP contribution in [0.2, 0.25) is 0 Å². The van der Waals surface area contributed by atoms with Crippen molar-refractivity contribution in [1.29, 1.82) is 0 Å². The number of Topliss-reactive ketones (excluding diaryl/α,β-unsaturated/α-hetero) is 1. The molecule has 3 amide bonds. The average Bonchev–Trinajstić information content (AvgIpc) is 3.30. The van der Waals surface area contributed by atoms with Gasteiger partial charge in [-0.25, -0.2) is 44.4 Å². The van der Waals surface area contributed by atoms with E-state index in [0.29, 0.717) is 17.7 Å². The number of hydrogen-bond donors (Lipinski definition) is 3. The van der Waals surface area contributed by atoms with Crippen LogP contribution in [-0.4, -0.2) is 101 Å². The molecule has 386 valence electrons. The topological polar surface area (TPSA) is 436 Å².